The van der Waals surface area contributed by atoms with E-state index in [-0.39, 0.29) is 11.6 Å². The molecule has 0 saturated carbocycles. The third-order valence-corrected chi connectivity index (χ3v) is 9.74. The number of esters is 2. The van der Waals surface area contributed by atoms with Crippen LogP contribution in [0.15, 0.2) is 36.4 Å². The molecule has 0 fully saturated rings. The summed E-state index contributed by atoms with van der Waals surface area (Å²) in [5, 5.41) is 0.0113. The number of carbonyl (C=O) groups is 2. The summed E-state index contributed by atoms with van der Waals surface area (Å²) in [6.45, 7) is 10.8. The van der Waals surface area contributed by atoms with Gasteiger partial charge in [-0.15, -0.1) is 0 Å². The van der Waals surface area contributed by atoms with Crippen LogP contribution in [0.1, 0.15) is 26.3 Å². The molecule has 0 radical (unpaired) electrons. The molecule has 26 heavy (non-hydrogen) atoms. The van der Waals surface area contributed by atoms with Crippen molar-refractivity contribution < 1.29 is 23.5 Å². The number of hydrogen-bond acceptors (Lipinski definition) is 5. The van der Waals surface area contributed by atoms with Crippen LogP contribution in [0.4, 0.5) is 0 Å². The molecule has 1 aliphatic heterocycles. The summed E-state index contributed by atoms with van der Waals surface area (Å²) >= 11 is 0. The maximum Gasteiger partial charge on any atom is 0.317 e. The van der Waals surface area contributed by atoms with Crippen LogP contribution in [-0.4, -0.2) is 34.0 Å². The molecule has 0 saturated heterocycles. The van der Waals surface area contributed by atoms with Gasteiger partial charge in [-0.3, -0.25) is 9.59 Å². The molecule has 0 aliphatic carbocycles. The second-order valence-electron chi connectivity index (χ2n) is 8.04. The summed E-state index contributed by atoms with van der Waals surface area (Å²) in [5.41, 5.74) is 0.749. The van der Waals surface area contributed by atoms with E-state index in [0.29, 0.717) is 5.76 Å². The van der Waals surface area contributed by atoms with Gasteiger partial charge in [0.1, 0.15) is 5.76 Å². The summed E-state index contributed by atoms with van der Waals surface area (Å²) < 4.78 is 16.6. The minimum atomic E-state index is -2.05. The standard InChI is InChI=1S/C20H28O5Si/c1-20(2,3)26(5,6)24-13-16-15(18(21)23-4)12-17(25-19(16)22)14-10-8-7-9-11-14/h7-12,15-16H,13H2,1-6H3/t15-,16+/m1/s1. The van der Waals surface area contributed by atoms with Gasteiger partial charge in [-0.05, 0) is 24.2 Å². The summed E-state index contributed by atoms with van der Waals surface area (Å²) in [6, 6.07) is 9.25. The number of carbonyl (C=O) groups excluding carboxylic acids is 2. The SMILES string of the molecule is COC(=O)[C@@H]1C=C(c2ccccc2)OC(=O)[C@H]1CO[Si](C)(C)C(C)(C)C. The normalized spacial score (nSPS) is 21.0. The quantitative estimate of drug-likeness (QED) is 0.574. The molecule has 0 bridgehead atoms. The van der Waals surface area contributed by atoms with Gasteiger partial charge in [-0.1, -0.05) is 51.1 Å². The Morgan fingerprint density at radius 1 is 1.19 bits per heavy atom. The minimum absolute atomic E-state index is 0.0113. The Balaban J connectivity index is 2.27. The van der Waals surface area contributed by atoms with Crippen LogP contribution in [0.3, 0.4) is 0 Å². The third kappa shape index (κ3) is 4.43. The predicted octanol–water partition coefficient (Wildman–Crippen LogP) is 4.01. The fourth-order valence-corrected chi connectivity index (χ4v) is 3.49. The minimum Gasteiger partial charge on any atom is -0.469 e. The summed E-state index contributed by atoms with van der Waals surface area (Å²) in [7, 11) is -0.731. The van der Waals surface area contributed by atoms with E-state index < -0.39 is 32.1 Å². The van der Waals surface area contributed by atoms with Gasteiger partial charge in [0.15, 0.2) is 8.32 Å². The first kappa shape index (κ1) is 20.4. The van der Waals surface area contributed by atoms with E-state index in [1.807, 2.05) is 30.3 Å². The van der Waals surface area contributed by atoms with Crippen molar-refractivity contribution in [3.8, 4) is 0 Å². The monoisotopic (exact) mass is 376 g/mol. The zero-order valence-electron chi connectivity index (χ0n) is 16.4. The molecule has 0 N–H and O–H groups in total. The third-order valence-electron chi connectivity index (χ3n) is 5.24. The Morgan fingerprint density at radius 3 is 2.35 bits per heavy atom. The van der Waals surface area contributed by atoms with Gasteiger partial charge in [0.2, 0.25) is 0 Å². The molecule has 1 aliphatic rings. The first-order chi connectivity index (χ1) is 12.1. The number of benzene rings is 1. The average Bonchev–Trinajstić information content (AvgIpc) is 2.59. The van der Waals surface area contributed by atoms with Gasteiger partial charge >= 0.3 is 11.9 Å². The fourth-order valence-electron chi connectivity index (χ4n) is 2.46. The van der Waals surface area contributed by atoms with Gasteiger partial charge in [0.25, 0.3) is 0 Å². The highest BCUT2D eigenvalue weighted by atomic mass is 28.4. The average molecular weight is 377 g/mol. The van der Waals surface area contributed by atoms with Crippen molar-refractivity contribution in [1.29, 1.82) is 0 Å². The van der Waals surface area contributed by atoms with Gasteiger partial charge < -0.3 is 13.9 Å². The lowest BCUT2D eigenvalue weighted by Gasteiger charge is -2.38. The smallest absolute Gasteiger partial charge is 0.317 e. The van der Waals surface area contributed by atoms with E-state index in [0.717, 1.165) is 5.56 Å². The first-order valence-corrected chi connectivity index (χ1v) is 11.7. The van der Waals surface area contributed by atoms with Crippen LogP contribution in [0.5, 0.6) is 0 Å². The molecule has 0 amide bonds. The highest BCUT2D eigenvalue weighted by Gasteiger charge is 2.43. The molecule has 142 valence electrons. The maximum absolute atomic E-state index is 12.6. The van der Waals surface area contributed by atoms with Gasteiger partial charge in [-0.25, -0.2) is 0 Å². The fraction of sp³-hybridized carbons (Fsp3) is 0.500. The van der Waals surface area contributed by atoms with Crippen LogP contribution in [0, 0.1) is 11.8 Å². The van der Waals surface area contributed by atoms with E-state index in [1.54, 1.807) is 6.08 Å². The van der Waals surface area contributed by atoms with E-state index in [2.05, 4.69) is 33.9 Å². The molecule has 1 aromatic carbocycles. The topological polar surface area (TPSA) is 61.8 Å². The zero-order valence-corrected chi connectivity index (χ0v) is 17.4. The predicted molar refractivity (Wildman–Crippen MR) is 103 cm³/mol. The second-order valence-corrected chi connectivity index (χ2v) is 12.9. The van der Waals surface area contributed by atoms with Crippen molar-refractivity contribution in [3.63, 3.8) is 0 Å². The van der Waals surface area contributed by atoms with Crippen LogP contribution >= 0.6 is 0 Å². The number of cyclic esters (lactones) is 1. The van der Waals surface area contributed by atoms with Crippen LogP contribution < -0.4 is 0 Å². The van der Waals surface area contributed by atoms with Crippen molar-refractivity contribution in [1.82, 2.24) is 0 Å². The Morgan fingerprint density at radius 2 is 1.81 bits per heavy atom. The number of hydrogen-bond donors (Lipinski definition) is 0. The molecule has 5 nitrogen and oxygen atoms in total. The Labute approximate surface area is 156 Å². The molecular formula is C20H28O5Si. The lowest BCUT2D eigenvalue weighted by atomic mass is 9.89. The first-order valence-electron chi connectivity index (χ1n) is 8.77. The Hall–Kier alpha value is -1.92. The van der Waals surface area contributed by atoms with Crippen LogP contribution in [0.25, 0.3) is 5.76 Å². The molecule has 0 spiro atoms. The van der Waals surface area contributed by atoms with Crippen molar-refractivity contribution >= 4 is 26.0 Å². The Kier molecular flexibility index (Phi) is 6.08. The zero-order chi connectivity index (χ0) is 19.5. The summed E-state index contributed by atoms with van der Waals surface area (Å²) in [5.74, 6) is -1.96. The lowest BCUT2D eigenvalue weighted by molar-refractivity contribution is -0.156. The van der Waals surface area contributed by atoms with Gasteiger partial charge in [-0.2, -0.15) is 0 Å². The molecule has 2 rings (SSSR count). The van der Waals surface area contributed by atoms with Crippen molar-refractivity contribution in [2.45, 2.75) is 38.9 Å². The largest absolute Gasteiger partial charge is 0.469 e. The molecule has 1 heterocycles. The molecule has 0 unspecified atom stereocenters. The maximum atomic E-state index is 12.6. The van der Waals surface area contributed by atoms with E-state index >= 15 is 0 Å². The van der Waals surface area contributed by atoms with Gasteiger partial charge in [0.05, 0.1) is 18.9 Å². The van der Waals surface area contributed by atoms with E-state index in [1.165, 1.54) is 7.11 Å². The van der Waals surface area contributed by atoms with Crippen LogP contribution in [0.2, 0.25) is 18.1 Å². The molecule has 2 atom stereocenters. The van der Waals surface area contributed by atoms with Crippen molar-refractivity contribution in [2.24, 2.45) is 11.8 Å². The lowest BCUT2D eigenvalue weighted by Crippen LogP contribution is -2.45. The van der Waals surface area contributed by atoms with E-state index in [9.17, 15) is 9.59 Å². The number of methoxy groups -OCH3 is 1. The summed E-state index contributed by atoms with van der Waals surface area (Å²) in [4.78, 5) is 24.9. The summed E-state index contributed by atoms with van der Waals surface area (Å²) in [6.07, 6.45) is 1.67. The molecule has 0 aromatic heterocycles. The van der Waals surface area contributed by atoms with Crippen molar-refractivity contribution in [2.75, 3.05) is 13.7 Å². The van der Waals surface area contributed by atoms with Crippen molar-refractivity contribution in [3.05, 3.63) is 42.0 Å². The highest BCUT2D eigenvalue weighted by Crippen LogP contribution is 2.38. The highest BCUT2D eigenvalue weighted by molar-refractivity contribution is 6.74. The molecule has 6 heteroatoms. The molecule has 1 aromatic rings. The molecular weight excluding hydrogens is 348 g/mol. The van der Waals surface area contributed by atoms with E-state index in [4.69, 9.17) is 13.9 Å². The second kappa shape index (κ2) is 7.76. The number of ether oxygens (including phenoxy) is 2. The van der Waals surface area contributed by atoms with Crippen LogP contribution in [-0.2, 0) is 23.5 Å². The Bertz CT molecular complexity index is 688. The number of rotatable bonds is 5. The van der Waals surface area contributed by atoms with Gasteiger partial charge in [0, 0.05) is 12.2 Å².